The van der Waals surface area contributed by atoms with Crippen LogP contribution in [0.5, 0.6) is 0 Å². The molecule has 1 atom stereocenters. The summed E-state index contributed by atoms with van der Waals surface area (Å²) in [5.74, 6) is 0.130. The SMILES string of the molecule is CN1C(=O)NC(=N)C1c1cc(Cl)cc(Cl)c1. The minimum Gasteiger partial charge on any atom is -0.313 e. The van der Waals surface area contributed by atoms with Gasteiger partial charge < -0.3 is 4.90 Å². The Morgan fingerprint density at radius 1 is 1.31 bits per heavy atom. The molecule has 4 nitrogen and oxygen atoms in total. The minimum atomic E-state index is -0.441. The third-order valence-corrected chi connectivity index (χ3v) is 2.86. The molecule has 1 fully saturated rings. The number of amidine groups is 1. The van der Waals surface area contributed by atoms with Gasteiger partial charge in [-0.05, 0) is 23.8 Å². The number of benzene rings is 1. The zero-order valence-corrected chi connectivity index (χ0v) is 9.93. The van der Waals surface area contributed by atoms with Crippen molar-refractivity contribution in [1.29, 1.82) is 5.41 Å². The summed E-state index contributed by atoms with van der Waals surface area (Å²) in [5, 5.41) is 11.1. The largest absolute Gasteiger partial charge is 0.323 e. The van der Waals surface area contributed by atoms with Crippen LogP contribution < -0.4 is 5.32 Å². The van der Waals surface area contributed by atoms with E-state index in [1.165, 1.54) is 4.90 Å². The fraction of sp³-hybridized carbons (Fsp3) is 0.200. The first kappa shape index (κ1) is 11.2. The van der Waals surface area contributed by atoms with Crippen molar-refractivity contribution in [3.05, 3.63) is 33.8 Å². The van der Waals surface area contributed by atoms with Gasteiger partial charge in [-0.25, -0.2) is 4.79 Å². The molecule has 2 N–H and O–H groups in total. The molecule has 6 heteroatoms. The first-order chi connectivity index (χ1) is 7.49. The highest BCUT2D eigenvalue weighted by molar-refractivity contribution is 6.34. The number of carbonyl (C=O) groups is 1. The number of likely N-dealkylation sites (N-methyl/N-ethyl adjacent to an activating group) is 1. The zero-order chi connectivity index (χ0) is 11.9. The summed E-state index contributed by atoms with van der Waals surface area (Å²) >= 11 is 11.8. The Kier molecular flexibility index (Phi) is 2.78. The first-order valence-corrected chi connectivity index (χ1v) is 5.33. The van der Waals surface area contributed by atoms with Crippen molar-refractivity contribution in [2.75, 3.05) is 7.05 Å². The second-order valence-electron chi connectivity index (χ2n) is 3.56. The normalized spacial score (nSPS) is 20.2. The van der Waals surface area contributed by atoms with Crippen LogP contribution in [0.1, 0.15) is 11.6 Å². The van der Waals surface area contributed by atoms with Crippen LogP contribution in [-0.4, -0.2) is 23.8 Å². The van der Waals surface area contributed by atoms with Gasteiger partial charge in [0.1, 0.15) is 11.9 Å². The van der Waals surface area contributed by atoms with Gasteiger partial charge in [0.15, 0.2) is 0 Å². The van der Waals surface area contributed by atoms with Crippen molar-refractivity contribution in [2.45, 2.75) is 6.04 Å². The molecular formula is C10H9Cl2N3O. The third-order valence-electron chi connectivity index (χ3n) is 2.42. The van der Waals surface area contributed by atoms with E-state index in [-0.39, 0.29) is 11.9 Å². The first-order valence-electron chi connectivity index (χ1n) is 4.57. The summed E-state index contributed by atoms with van der Waals surface area (Å²) in [6.07, 6.45) is 0. The van der Waals surface area contributed by atoms with Gasteiger partial charge in [-0.1, -0.05) is 23.2 Å². The zero-order valence-electron chi connectivity index (χ0n) is 8.42. The highest BCUT2D eigenvalue weighted by atomic mass is 35.5. The fourth-order valence-corrected chi connectivity index (χ4v) is 2.25. The molecule has 0 spiro atoms. The van der Waals surface area contributed by atoms with Crippen LogP contribution in [0.15, 0.2) is 18.2 Å². The monoisotopic (exact) mass is 257 g/mol. The van der Waals surface area contributed by atoms with Crippen LogP contribution in [-0.2, 0) is 0 Å². The van der Waals surface area contributed by atoms with Crippen LogP contribution in [0.25, 0.3) is 0 Å². The van der Waals surface area contributed by atoms with E-state index in [4.69, 9.17) is 28.6 Å². The van der Waals surface area contributed by atoms with Gasteiger partial charge in [0.2, 0.25) is 0 Å². The highest BCUT2D eigenvalue weighted by Crippen LogP contribution is 2.29. The van der Waals surface area contributed by atoms with Gasteiger partial charge in [0.05, 0.1) is 0 Å². The van der Waals surface area contributed by atoms with E-state index in [1.807, 2.05) is 0 Å². The molecule has 1 aromatic carbocycles. The second kappa shape index (κ2) is 3.96. The summed E-state index contributed by atoms with van der Waals surface area (Å²) in [5.41, 5.74) is 0.725. The van der Waals surface area contributed by atoms with E-state index in [1.54, 1.807) is 25.2 Å². The van der Waals surface area contributed by atoms with Gasteiger partial charge in [0.25, 0.3) is 0 Å². The molecule has 2 amide bonds. The Balaban J connectivity index is 2.44. The number of hydrogen-bond acceptors (Lipinski definition) is 2. The summed E-state index contributed by atoms with van der Waals surface area (Å²) in [6, 6.07) is 4.27. The Bertz CT molecular complexity index is 455. The van der Waals surface area contributed by atoms with Crippen LogP contribution in [0, 0.1) is 5.41 Å². The minimum absolute atomic E-state index is 0.130. The van der Waals surface area contributed by atoms with E-state index >= 15 is 0 Å². The van der Waals surface area contributed by atoms with E-state index < -0.39 is 6.04 Å². The molecule has 84 valence electrons. The summed E-state index contributed by atoms with van der Waals surface area (Å²) < 4.78 is 0. The van der Waals surface area contributed by atoms with Crippen molar-refractivity contribution in [3.63, 3.8) is 0 Å². The maximum atomic E-state index is 11.3. The number of amides is 2. The van der Waals surface area contributed by atoms with E-state index in [9.17, 15) is 4.79 Å². The van der Waals surface area contributed by atoms with Crippen molar-refractivity contribution >= 4 is 35.1 Å². The standard InChI is InChI=1S/C10H9Cl2N3O/c1-15-8(9(13)14-10(15)16)5-2-6(11)4-7(12)3-5/h2-4,8H,1H3,(H2,13,14,16). The molecule has 1 saturated heterocycles. The fourth-order valence-electron chi connectivity index (χ4n) is 1.71. The molecule has 1 aliphatic rings. The predicted octanol–water partition coefficient (Wildman–Crippen LogP) is 2.67. The Morgan fingerprint density at radius 2 is 1.88 bits per heavy atom. The topological polar surface area (TPSA) is 56.2 Å². The molecule has 1 unspecified atom stereocenters. The molecule has 0 radical (unpaired) electrons. The number of nitrogens with one attached hydrogen (secondary N) is 2. The Hall–Kier alpha value is -1.26. The van der Waals surface area contributed by atoms with Crippen LogP contribution >= 0.6 is 23.2 Å². The smallest absolute Gasteiger partial charge is 0.313 e. The molecule has 1 heterocycles. The lowest BCUT2D eigenvalue weighted by molar-refractivity contribution is 0.217. The maximum Gasteiger partial charge on any atom is 0.323 e. The number of nitrogens with zero attached hydrogens (tertiary/aromatic N) is 1. The lowest BCUT2D eigenvalue weighted by Gasteiger charge is -2.18. The number of hydrogen-bond donors (Lipinski definition) is 2. The van der Waals surface area contributed by atoms with Crippen molar-refractivity contribution in [3.8, 4) is 0 Å². The summed E-state index contributed by atoms with van der Waals surface area (Å²) in [7, 11) is 1.62. The van der Waals surface area contributed by atoms with Gasteiger partial charge in [-0.3, -0.25) is 10.7 Å². The van der Waals surface area contributed by atoms with Crippen molar-refractivity contribution in [2.24, 2.45) is 0 Å². The van der Waals surface area contributed by atoms with E-state index in [0.29, 0.717) is 10.0 Å². The van der Waals surface area contributed by atoms with Crippen LogP contribution in [0.2, 0.25) is 10.0 Å². The van der Waals surface area contributed by atoms with Gasteiger partial charge >= 0.3 is 6.03 Å². The van der Waals surface area contributed by atoms with Crippen molar-refractivity contribution < 1.29 is 4.79 Å². The number of halogens is 2. The van der Waals surface area contributed by atoms with Gasteiger partial charge in [-0.2, -0.15) is 0 Å². The maximum absolute atomic E-state index is 11.3. The molecule has 1 aliphatic heterocycles. The van der Waals surface area contributed by atoms with E-state index in [2.05, 4.69) is 5.32 Å². The molecule has 0 aliphatic carbocycles. The Labute approximate surface area is 103 Å². The second-order valence-corrected chi connectivity index (χ2v) is 4.43. The molecule has 0 aromatic heterocycles. The van der Waals surface area contributed by atoms with Crippen LogP contribution in [0.4, 0.5) is 4.79 Å². The van der Waals surface area contributed by atoms with E-state index in [0.717, 1.165) is 5.56 Å². The van der Waals surface area contributed by atoms with Crippen molar-refractivity contribution in [1.82, 2.24) is 10.2 Å². The molecule has 0 bridgehead atoms. The molecular weight excluding hydrogens is 249 g/mol. The number of rotatable bonds is 1. The lowest BCUT2D eigenvalue weighted by atomic mass is 10.1. The highest BCUT2D eigenvalue weighted by Gasteiger charge is 2.34. The molecule has 2 rings (SSSR count). The molecule has 1 aromatic rings. The predicted molar refractivity (Wildman–Crippen MR) is 63.2 cm³/mol. The lowest BCUT2D eigenvalue weighted by Crippen LogP contribution is -2.25. The average molecular weight is 258 g/mol. The molecule has 0 saturated carbocycles. The van der Waals surface area contributed by atoms with Gasteiger partial charge in [-0.15, -0.1) is 0 Å². The third kappa shape index (κ3) is 1.86. The van der Waals surface area contributed by atoms with Crippen LogP contribution in [0.3, 0.4) is 0 Å². The Morgan fingerprint density at radius 3 is 2.31 bits per heavy atom. The molecule has 16 heavy (non-hydrogen) atoms. The average Bonchev–Trinajstić information content (AvgIpc) is 2.39. The number of carbonyl (C=O) groups excluding carboxylic acids is 1. The van der Waals surface area contributed by atoms with Gasteiger partial charge in [0, 0.05) is 17.1 Å². The summed E-state index contributed by atoms with van der Waals surface area (Å²) in [6.45, 7) is 0. The number of urea groups is 1. The quantitative estimate of drug-likeness (QED) is 0.799. The summed E-state index contributed by atoms with van der Waals surface area (Å²) in [4.78, 5) is 12.8.